The molecule has 5 heteroatoms. The van der Waals surface area contributed by atoms with E-state index in [4.69, 9.17) is 16.2 Å². The predicted octanol–water partition coefficient (Wildman–Crippen LogP) is 0.605. The molecule has 16 heavy (non-hydrogen) atoms. The maximum absolute atomic E-state index is 11.0. The number of hydrogen-bond acceptors (Lipinski definition) is 4. The summed E-state index contributed by atoms with van der Waals surface area (Å²) in [6.45, 7) is 5.78. The number of aryl methyl sites for hydroxylation is 1. The second kappa shape index (κ2) is 4.49. The van der Waals surface area contributed by atoms with Gasteiger partial charge in [0.05, 0.1) is 0 Å². The third kappa shape index (κ3) is 3.86. The Bertz CT molecular complexity index is 397. The smallest absolute Gasteiger partial charge is 0.248 e. The Kier molecular flexibility index (Phi) is 3.49. The van der Waals surface area contributed by atoms with E-state index in [0.717, 1.165) is 0 Å². The molecule has 1 rings (SSSR count). The number of amides is 1. The third-order valence-electron chi connectivity index (χ3n) is 1.81. The number of ether oxygens (including phenoxy) is 1. The van der Waals surface area contributed by atoms with Crippen LogP contribution < -0.4 is 16.2 Å². The number of hydrogen-bond donors (Lipinski definition) is 2. The number of carbonyl (C=O) groups is 1. The first kappa shape index (κ1) is 12.4. The van der Waals surface area contributed by atoms with Crippen LogP contribution in [0.4, 0.5) is 0 Å². The Hall–Kier alpha value is -1.62. The highest BCUT2D eigenvalue weighted by Crippen LogP contribution is 2.13. The molecule has 0 unspecified atom stereocenters. The van der Waals surface area contributed by atoms with Gasteiger partial charge in [-0.15, -0.1) is 0 Å². The Morgan fingerprint density at radius 2 is 2.12 bits per heavy atom. The molecule has 0 aliphatic carbocycles. The summed E-state index contributed by atoms with van der Waals surface area (Å²) in [7, 11) is 0. The number of primary amides is 1. The molecular weight excluding hydrogens is 206 g/mol. The first-order valence-electron chi connectivity index (χ1n) is 4.98. The summed E-state index contributed by atoms with van der Waals surface area (Å²) in [5, 5.41) is 0. The van der Waals surface area contributed by atoms with Crippen molar-refractivity contribution in [1.82, 2.24) is 4.98 Å². The average molecular weight is 223 g/mol. The molecule has 0 atom stereocenters. The van der Waals surface area contributed by atoms with Crippen LogP contribution in [0.25, 0.3) is 0 Å². The van der Waals surface area contributed by atoms with Crippen molar-refractivity contribution in [3.63, 3.8) is 0 Å². The fourth-order valence-electron chi connectivity index (χ4n) is 1.11. The molecule has 0 radical (unpaired) electrons. The van der Waals surface area contributed by atoms with Crippen LogP contribution in [0.1, 0.15) is 29.9 Å². The van der Waals surface area contributed by atoms with E-state index >= 15 is 0 Å². The topological polar surface area (TPSA) is 91.2 Å². The number of nitrogens with zero attached hydrogens (tertiary/aromatic N) is 1. The number of rotatable bonds is 4. The monoisotopic (exact) mass is 223 g/mol. The molecule has 1 heterocycles. The Morgan fingerprint density at radius 1 is 1.50 bits per heavy atom. The van der Waals surface area contributed by atoms with Crippen LogP contribution >= 0.6 is 0 Å². The first-order chi connectivity index (χ1) is 7.28. The van der Waals surface area contributed by atoms with Crippen molar-refractivity contribution in [2.24, 2.45) is 11.5 Å². The number of aromatic nitrogens is 1. The minimum Gasteiger partial charge on any atom is -0.476 e. The molecule has 4 N–H and O–H groups in total. The molecule has 0 aromatic carbocycles. The van der Waals surface area contributed by atoms with Gasteiger partial charge in [0.2, 0.25) is 11.8 Å². The lowest BCUT2D eigenvalue weighted by Gasteiger charge is -2.18. The van der Waals surface area contributed by atoms with E-state index < -0.39 is 11.4 Å². The predicted molar refractivity (Wildman–Crippen MR) is 61.3 cm³/mol. The van der Waals surface area contributed by atoms with E-state index in [1.54, 1.807) is 13.0 Å². The lowest BCUT2D eigenvalue weighted by Crippen LogP contribution is -2.38. The summed E-state index contributed by atoms with van der Waals surface area (Å²) >= 11 is 0. The minimum atomic E-state index is -0.498. The van der Waals surface area contributed by atoms with Gasteiger partial charge in [-0.2, -0.15) is 0 Å². The zero-order valence-electron chi connectivity index (χ0n) is 9.78. The fraction of sp³-hybridized carbons (Fsp3) is 0.455. The Morgan fingerprint density at radius 3 is 2.62 bits per heavy atom. The van der Waals surface area contributed by atoms with E-state index in [1.165, 1.54) is 6.07 Å². The summed E-state index contributed by atoms with van der Waals surface area (Å²) in [5.74, 6) is -0.130. The van der Waals surface area contributed by atoms with Gasteiger partial charge in [-0.05, 0) is 26.8 Å². The fourth-order valence-corrected chi connectivity index (χ4v) is 1.11. The van der Waals surface area contributed by atoms with Gasteiger partial charge in [-0.1, -0.05) is 0 Å². The van der Waals surface area contributed by atoms with Crippen LogP contribution in [0.5, 0.6) is 5.88 Å². The van der Waals surface area contributed by atoms with E-state index in [9.17, 15) is 4.79 Å². The van der Waals surface area contributed by atoms with Crippen molar-refractivity contribution in [2.75, 3.05) is 6.61 Å². The molecule has 1 aromatic rings. The van der Waals surface area contributed by atoms with E-state index in [0.29, 0.717) is 23.7 Å². The molecule has 0 aliphatic heterocycles. The van der Waals surface area contributed by atoms with Crippen LogP contribution in [0, 0.1) is 6.92 Å². The van der Waals surface area contributed by atoms with Gasteiger partial charge in [-0.3, -0.25) is 4.79 Å². The van der Waals surface area contributed by atoms with E-state index in [1.807, 2.05) is 13.8 Å². The maximum atomic E-state index is 11.0. The summed E-state index contributed by atoms with van der Waals surface area (Å²) < 4.78 is 5.40. The zero-order chi connectivity index (χ0) is 12.3. The quantitative estimate of drug-likeness (QED) is 0.782. The average Bonchev–Trinajstić information content (AvgIpc) is 2.13. The highest BCUT2D eigenvalue weighted by molar-refractivity contribution is 5.93. The van der Waals surface area contributed by atoms with Gasteiger partial charge in [0, 0.05) is 22.9 Å². The number of carbonyl (C=O) groups excluding carboxylic acids is 1. The second-order valence-electron chi connectivity index (χ2n) is 4.48. The normalized spacial score (nSPS) is 11.2. The molecule has 0 aliphatic rings. The lowest BCUT2D eigenvalue weighted by atomic mass is 10.1. The SMILES string of the molecule is Cc1cc(C(N)=O)cc(OCC(C)(C)N)n1. The first-order valence-corrected chi connectivity index (χ1v) is 4.98. The van der Waals surface area contributed by atoms with Crippen LogP contribution in [0.3, 0.4) is 0 Å². The molecule has 0 spiro atoms. The van der Waals surface area contributed by atoms with Crippen LogP contribution in [0.15, 0.2) is 12.1 Å². The standard InChI is InChI=1S/C11H17N3O2/c1-7-4-8(10(12)15)5-9(14-7)16-6-11(2,3)13/h4-5H,6,13H2,1-3H3,(H2,12,15). The van der Waals surface area contributed by atoms with Crippen molar-refractivity contribution in [2.45, 2.75) is 26.3 Å². The summed E-state index contributed by atoms with van der Waals surface area (Å²) in [6.07, 6.45) is 0. The Labute approximate surface area is 94.8 Å². The molecule has 88 valence electrons. The zero-order valence-corrected chi connectivity index (χ0v) is 9.78. The van der Waals surface area contributed by atoms with Gasteiger partial charge in [0.1, 0.15) is 6.61 Å². The van der Waals surface area contributed by atoms with Gasteiger partial charge in [0.15, 0.2) is 0 Å². The molecule has 0 fully saturated rings. The van der Waals surface area contributed by atoms with Gasteiger partial charge in [-0.25, -0.2) is 4.98 Å². The van der Waals surface area contributed by atoms with Crippen molar-refractivity contribution in [3.05, 3.63) is 23.4 Å². The van der Waals surface area contributed by atoms with Crippen molar-refractivity contribution < 1.29 is 9.53 Å². The largest absolute Gasteiger partial charge is 0.476 e. The molecule has 1 amide bonds. The summed E-state index contributed by atoms with van der Waals surface area (Å²) in [4.78, 5) is 15.2. The molecule has 5 nitrogen and oxygen atoms in total. The van der Waals surface area contributed by atoms with Crippen molar-refractivity contribution in [3.8, 4) is 5.88 Å². The third-order valence-corrected chi connectivity index (χ3v) is 1.81. The molecule has 1 aromatic heterocycles. The molecule has 0 saturated heterocycles. The highest BCUT2D eigenvalue weighted by atomic mass is 16.5. The van der Waals surface area contributed by atoms with Crippen LogP contribution in [0.2, 0.25) is 0 Å². The van der Waals surface area contributed by atoms with Gasteiger partial charge in [0.25, 0.3) is 0 Å². The summed E-state index contributed by atoms with van der Waals surface area (Å²) in [6, 6.07) is 3.13. The molecule has 0 bridgehead atoms. The highest BCUT2D eigenvalue weighted by Gasteiger charge is 2.13. The van der Waals surface area contributed by atoms with E-state index in [-0.39, 0.29) is 0 Å². The van der Waals surface area contributed by atoms with E-state index in [2.05, 4.69) is 4.98 Å². The molecular formula is C11H17N3O2. The van der Waals surface area contributed by atoms with Crippen LogP contribution in [-0.2, 0) is 0 Å². The number of nitrogens with two attached hydrogens (primary N) is 2. The second-order valence-corrected chi connectivity index (χ2v) is 4.48. The lowest BCUT2D eigenvalue weighted by molar-refractivity contribution is 0.0999. The van der Waals surface area contributed by atoms with Gasteiger partial charge >= 0.3 is 0 Å². The minimum absolute atomic E-state index is 0.321. The number of pyridine rings is 1. The Balaban J connectivity index is 2.85. The van der Waals surface area contributed by atoms with Crippen molar-refractivity contribution >= 4 is 5.91 Å². The van der Waals surface area contributed by atoms with Crippen molar-refractivity contribution in [1.29, 1.82) is 0 Å². The van der Waals surface area contributed by atoms with Gasteiger partial charge < -0.3 is 16.2 Å². The molecule has 0 saturated carbocycles. The maximum Gasteiger partial charge on any atom is 0.248 e. The summed E-state index contributed by atoms with van der Waals surface area (Å²) in [5.41, 5.74) is 11.6. The van der Waals surface area contributed by atoms with Crippen LogP contribution in [-0.4, -0.2) is 23.0 Å².